The lowest BCUT2D eigenvalue weighted by Crippen LogP contribution is -2.45. The number of nitrogens with zero attached hydrogens (tertiary/aromatic N) is 3. The molecule has 0 saturated carbocycles. The molecule has 0 aromatic heterocycles. The second kappa shape index (κ2) is 10.4. The molecule has 1 fully saturated rings. The van der Waals surface area contributed by atoms with Crippen molar-refractivity contribution in [3.8, 4) is 0 Å². The fourth-order valence-corrected chi connectivity index (χ4v) is 4.18. The molecule has 3 aliphatic rings. The Labute approximate surface area is 218 Å². The molecule has 4 rings (SSSR count). The fourth-order valence-electron chi connectivity index (χ4n) is 4.18. The van der Waals surface area contributed by atoms with Gasteiger partial charge in [-0.2, -0.15) is 0 Å². The number of hydrogen-bond acceptors (Lipinski definition) is 6. The Morgan fingerprint density at radius 2 is 0.838 bits per heavy atom. The third kappa shape index (κ3) is 6.58. The number of hydrogen-bond donors (Lipinski definition) is 0. The number of carbonyl (C=O) groups excluding carboxylic acids is 6. The van der Waals surface area contributed by atoms with Gasteiger partial charge in [-0.05, 0) is 74.4 Å². The van der Waals surface area contributed by atoms with Crippen LogP contribution in [0.5, 0.6) is 0 Å². The lowest BCUT2D eigenvalue weighted by Gasteiger charge is -2.29. The molecule has 0 radical (unpaired) electrons. The van der Waals surface area contributed by atoms with Gasteiger partial charge in [0.2, 0.25) is 11.8 Å². The minimum atomic E-state index is -0.465. The highest BCUT2D eigenvalue weighted by Gasteiger charge is 2.41. The summed E-state index contributed by atoms with van der Waals surface area (Å²) >= 11 is 0. The van der Waals surface area contributed by atoms with Crippen molar-refractivity contribution in [2.45, 2.75) is 91.8 Å². The summed E-state index contributed by atoms with van der Waals surface area (Å²) in [5.74, 6) is -0.902. The summed E-state index contributed by atoms with van der Waals surface area (Å²) in [6.45, 7) is 16.7. The topological polar surface area (TPSA) is 112 Å². The summed E-state index contributed by atoms with van der Waals surface area (Å²) in [4.78, 5) is 72.2. The molecule has 3 aliphatic heterocycles. The van der Waals surface area contributed by atoms with E-state index in [-0.39, 0.29) is 41.0 Å². The van der Waals surface area contributed by atoms with Crippen LogP contribution in [0.25, 0.3) is 0 Å². The van der Waals surface area contributed by atoms with Gasteiger partial charge in [0.1, 0.15) is 0 Å². The Kier molecular flexibility index (Phi) is 8.32. The van der Waals surface area contributed by atoms with Crippen molar-refractivity contribution in [1.82, 2.24) is 14.7 Å². The van der Waals surface area contributed by atoms with E-state index >= 15 is 0 Å². The maximum Gasteiger partial charge on any atom is 0.262 e. The van der Waals surface area contributed by atoms with Crippen LogP contribution in [-0.4, -0.2) is 66.8 Å². The van der Waals surface area contributed by atoms with E-state index in [1.807, 2.05) is 62.3 Å². The van der Waals surface area contributed by atoms with Crippen molar-refractivity contribution in [3.63, 3.8) is 0 Å². The van der Waals surface area contributed by atoms with Gasteiger partial charge in [-0.25, -0.2) is 0 Å². The second-order valence-electron chi connectivity index (χ2n) is 12.0. The van der Waals surface area contributed by atoms with E-state index in [1.165, 1.54) is 26.9 Å². The summed E-state index contributed by atoms with van der Waals surface area (Å²) in [5, 5.41) is 0. The van der Waals surface area contributed by atoms with Crippen molar-refractivity contribution in [1.29, 1.82) is 0 Å². The predicted octanol–water partition coefficient (Wildman–Crippen LogP) is 3.72. The summed E-state index contributed by atoms with van der Waals surface area (Å²) < 4.78 is 0. The molecule has 0 atom stereocenters. The van der Waals surface area contributed by atoms with Crippen LogP contribution in [0.4, 0.5) is 0 Å². The molecule has 9 heteroatoms. The Hall–Kier alpha value is -3.62. The van der Waals surface area contributed by atoms with Crippen molar-refractivity contribution >= 4 is 35.4 Å². The first-order chi connectivity index (χ1) is 16.8. The molecule has 1 aromatic rings. The van der Waals surface area contributed by atoms with Gasteiger partial charge in [0, 0.05) is 41.6 Å². The van der Waals surface area contributed by atoms with Gasteiger partial charge in [0.15, 0.2) is 0 Å². The van der Waals surface area contributed by atoms with Crippen molar-refractivity contribution in [3.05, 3.63) is 47.5 Å². The third-order valence-electron chi connectivity index (χ3n) is 5.67. The molecule has 9 nitrogen and oxygen atoms in total. The third-order valence-corrected chi connectivity index (χ3v) is 5.67. The standard InChI is InChI=1S/C12H13NO2.C8H13NO2.C8H11NO2/c1-12(2,3)13-10(14)8-6-4-5-7-9(8)11(13)15;2*1-8(2,3)9-6(10)4-5-7(9)11/h4-7H,1-3H3;4-5H2,1-3H3;4-5H,1-3H3. The highest BCUT2D eigenvalue weighted by Crippen LogP contribution is 2.28. The number of imide groups is 3. The first-order valence-corrected chi connectivity index (χ1v) is 12.2. The molecule has 1 aromatic carbocycles. The number of benzene rings is 1. The normalized spacial score (nSPS) is 17.7. The molecular formula is C28H37N3O6. The Bertz CT molecular complexity index is 1080. The maximum absolute atomic E-state index is 12.0. The van der Waals surface area contributed by atoms with E-state index in [4.69, 9.17) is 0 Å². The number of carbonyl (C=O) groups is 6. The highest BCUT2D eigenvalue weighted by atomic mass is 16.2. The molecule has 1 saturated heterocycles. The minimum absolute atomic E-state index is 0.0394. The van der Waals surface area contributed by atoms with Crippen LogP contribution in [0.2, 0.25) is 0 Å². The van der Waals surface area contributed by atoms with E-state index in [0.29, 0.717) is 24.0 Å². The average Bonchev–Trinajstić information content (AvgIpc) is 3.35. The van der Waals surface area contributed by atoms with Gasteiger partial charge >= 0.3 is 0 Å². The zero-order chi connectivity index (χ0) is 28.5. The monoisotopic (exact) mass is 511 g/mol. The quantitative estimate of drug-likeness (QED) is 0.491. The lowest BCUT2D eigenvalue weighted by atomic mass is 10.1. The van der Waals surface area contributed by atoms with Gasteiger partial charge in [0.25, 0.3) is 23.6 Å². The first kappa shape index (κ1) is 29.6. The van der Waals surface area contributed by atoms with Crippen LogP contribution in [0.15, 0.2) is 36.4 Å². The second-order valence-corrected chi connectivity index (χ2v) is 12.0. The van der Waals surface area contributed by atoms with Crippen molar-refractivity contribution in [2.75, 3.05) is 0 Å². The van der Waals surface area contributed by atoms with E-state index in [0.717, 1.165) is 0 Å². The Balaban J connectivity index is 0.000000199. The molecule has 200 valence electrons. The van der Waals surface area contributed by atoms with Crippen molar-refractivity contribution < 1.29 is 28.8 Å². The average molecular weight is 512 g/mol. The molecule has 0 aliphatic carbocycles. The zero-order valence-corrected chi connectivity index (χ0v) is 23.2. The minimum Gasteiger partial charge on any atom is -0.277 e. The molecule has 0 spiro atoms. The number of likely N-dealkylation sites (tertiary alicyclic amines) is 1. The van der Waals surface area contributed by atoms with Gasteiger partial charge in [-0.1, -0.05) is 12.1 Å². The van der Waals surface area contributed by atoms with Crippen LogP contribution in [-0.2, 0) is 19.2 Å². The summed E-state index contributed by atoms with van der Waals surface area (Å²) in [6.07, 6.45) is 3.37. The molecule has 0 bridgehead atoms. The summed E-state index contributed by atoms with van der Waals surface area (Å²) in [6, 6.07) is 6.94. The molecule has 3 heterocycles. The highest BCUT2D eigenvalue weighted by molar-refractivity contribution is 6.21. The number of fused-ring (bicyclic) bond motifs is 1. The Morgan fingerprint density at radius 1 is 0.514 bits per heavy atom. The van der Waals surface area contributed by atoms with Gasteiger partial charge in [-0.3, -0.25) is 43.5 Å². The van der Waals surface area contributed by atoms with Crippen LogP contribution in [0.3, 0.4) is 0 Å². The van der Waals surface area contributed by atoms with Gasteiger partial charge in [0.05, 0.1) is 11.1 Å². The lowest BCUT2D eigenvalue weighted by molar-refractivity contribution is -0.144. The molecule has 0 unspecified atom stereocenters. The maximum atomic E-state index is 12.0. The molecular weight excluding hydrogens is 474 g/mol. The van der Waals surface area contributed by atoms with Gasteiger partial charge < -0.3 is 0 Å². The van der Waals surface area contributed by atoms with Gasteiger partial charge in [-0.15, -0.1) is 0 Å². The summed E-state index contributed by atoms with van der Waals surface area (Å²) in [5.41, 5.74) is -0.190. The van der Waals surface area contributed by atoms with Crippen LogP contribution in [0, 0.1) is 0 Å². The molecule has 0 N–H and O–H groups in total. The Morgan fingerprint density at radius 3 is 1.08 bits per heavy atom. The first-order valence-electron chi connectivity index (χ1n) is 12.2. The van der Waals surface area contributed by atoms with E-state index in [1.54, 1.807) is 24.3 Å². The smallest absolute Gasteiger partial charge is 0.262 e. The van der Waals surface area contributed by atoms with E-state index in [2.05, 4.69) is 0 Å². The van der Waals surface area contributed by atoms with E-state index < -0.39 is 11.1 Å². The number of amides is 6. The fraction of sp³-hybridized carbons (Fsp3) is 0.500. The van der Waals surface area contributed by atoms with Crippen LogP contribution >= 0.6 is 0 Å². The molecule has 6 amide bonds. The molecule has 37 heavy (non-hydrogen) atoms. The SMILES string of the molecule is CC(C)(C)N1C(=O)C=CC1=O.CC(C)(C)N1C(=O)CCC1=O.CC(C)(C)N1C(=O)c2ccccc2C1=O. The van der Waals surface area contributed by atoms with Crippen LogP contribution < -0.4 is 0 Å². The van der Waals surface area contributed by atoms with Crippen LogP contribution in [0.1, 0.15) is 95.9 Å². The summed E-state index contributed by atoms with van der Waals surface area (Å²) in [7, 11) is 0. The van der Waals surface area contributed by atoms with E-state index in [9.17, 15) is 28.8 Å². The largest absolute Gasteiger partial charge is 0.277 e. The predicted molar refractivity (Wildman–Crippen MR) is 138 cm³/mol. The number of rotatable bonds is 0. The van der Waals surface area contributed by atoms with Crippen molar-refractivity contribution in [2.24, 2.45) is 0 Å². The zero-order valence-electron chi connectivity index (χ0n) is 23.2.